The van der Waals surface area contributed by atoms with Gasteiger partial charge in [0.15, 0.2) is 5.17 Å². The lowest BCUT2D eigenvalue weighted by Crippen LogP contribution is -2.23. The van der Waals surface area contributed by atoms with Crippen LogP contribution in [0.15, 0.2) is 29.3 Å². The van der Waals surface area contributed by atoms with Gasteiger partial charge in [0.25, 0.3) is 0 Å². The average molecular weight is 224 g/mol. The maximum atomic E-state index is 12.6. The van der Waals surface area contributed by atoms with Crippen LogP contribution >= 0.6 is 11.8 Å². The average Bonchev–Trinajstić information content (AvgIpc) is 2.50. The van der Waals surface area contributed by atoms with Gasteiger partial charge in [-0.1, -0.05) is 11.8 Å². The number of hydrogen-bond donors (Lipinski definition) is 1. The summed E-state index contributed by atoms with van der Waals surface area (Å²) in [5.41, 5.74) is 0.633. The summed E-state index contributed by atoms with van der Waals surface area (Å²) in [6.45, 7) is 1.81. The Morgan fingerprint density at radius 2 is 2.07 bits per heavy atom. The summed E-state index contributed by atoms with van der Waals surface area (Å²) in [6, 6.07) is 5.81. The maximum Gasteiger partial charge on any atom is 0.239 e. The number of halogens is 1. The van der Waals surface area contributed by atoms with Crippen LogP contribution in [0.25, 0.3) is 0 Å². The lowest BCUT2D eigenvalue weighted by molar-refractivity contribution is -0.118. The molecular formula is C10H9FN2OS. The highest BCUT2D eigenvalue weighted by atomic mass is 32.2. The predicted molar refractivity (Wildman–Crippen MR) is 58.7 cm³/mol. The summed E-state index contributed by atoms with van der Waals surface area (Å²) in [7, 11) is 0. The highest BCUT2D eigenvalue weighted by molar-refractivity contribution is 8.15. The lowest BCUT2D eigenvalue weighted by atomic mass is 10.3. The zero-order valence-electron chi connectivity index (χ0n) is 8.03. The maximum absolute atomic E-state index is 12.6. The fourth-order valence-corrected chi connectivity index (χ4v) is 1.96. The smallest absolute Gasteiger partial charge is 0.239 e. The Kier molecular flexibility index (Phi) is 2.73. The predicted octanol–water partition coefficient (Wildman–Crippen LogP) is 2.06. The molecule has 78 valence electrons. The number of aliphatic imine (C=N–C) groups is 1. The zero-order chi connectivity index (χ0) is 10.8. The molecule has 0 aromatic heterocycles. The number of carbonyl (C=O) groups is 1. The van der Waals surface area contributed by atoms with Crippen molar-refractivity contribution < 1.29 is 9.18 Å². The van der Waals surface area contributed by atoms with Crippen molar-refractivity contribution in [1.29, 1.82) is 0 Å². The fourth-order valence-electron chi connectivity index (χ4n) is 1.14. The van der Waals surface area contributed by atoms with E-state index in [1.165, 1.54) is 23.9 Å². The van der Waals surface area contributed by atoms with Crippen LogP contribution in [0.1, 0.15) is 6.92 Å². The third kappa shape index (κ3) is 2.36. The first-order chi connectivity index (χ1) is 7.15. The van der Waals surface area contributed by atoms with E-state index >= 15 is 0 Å². The van der Waals surface area contributed by atoms with Gasteiger partial charge in [0.2, 0.25) is 5.91 Å². The summed E-state index contributed by atoms with van der Waals surface area (Å²) in [5, 5.41) is 3.11. The molecule has 0 aliphatic carbocycles. The standard InChI is InChI=1S/C10H9FN2OS/c1-6-9(14)13-10(15-6)12-8-4-2-7(11)3-5-8/h2-6H,1H3,(H,12,13,14). The molecule has 0 saturated carbocycles. The molecule has 1 atom stereocenters. The molecule has 1 N–H and O–H groups in total. The van der Waals surface area contributed by atoms with Crippen molar-refractivity contribution in [2.24, 2.45) is 4.99 Å². The molecule has 1 saturated heterocycles. The summed E-state index contributed by atoms with van der Waals surface area (Å²) >= 11 is 1.37. The Balaban J connectivity index is 2.17. The minimum absolute atomic E-state index is 0.0409. The van der Waals surface area contributed by atoms with E-state index in [2.05, 4.69) is 10.3 Å². The van der Waals surface area contributed by atoms with Crippen molar-refractivity contribution in [2.75, 3.05) is 0 Å². The number of nitrogens with one attached hydrogen (secondary N) is 1. The molecule has 3 nitrogen and oxygen atoms in total. The van der Waals surface area contributed by atoms with Crippen LogP contribution in [-0.2, 0) is 4.79 Å². The molecule has 1 aromatic carbocycles. The van der Waals surface area contributed by atoms with Crippen LogP contribution in [0.5, 0.6) is 0 Å². The van der Waals surface area contributed by atoms with Gasteiger partial charge in [0.05, 0.1) is 10.9 Å². The van der Waals surface area contributed by atoms with Crippen molar-refractivity contribution in [1.82, 2.24) is 5.32 Å². The first-order valence-corrected chi connectivity index (χ1v) is 5.35. The Morgan fingerprint density at radius 1 is 1.40 bits per heavy atom. The summed E-state index contributed by atoms with van der Waals surface area (Å²) in [4.78, 5) is 15.3. The van der Waals surface area contributed by atoms with Crippen molar-refractivity contribution >= 4 is 28.5 Å². The number of rotatable bonds is 1. The van der Waals surface area contributed by atoms with Crippen molar-refractivity contribution in [3.63, 3.8) is 0 Å². The lowest BCUT2D eigenvalue weighted by Gasteiger charge is -1.96. The van der Waals surface area contributed by atoms with Crippen LogP contribution in [0.2, 0.25) is 0 Å². The molecule has 0 radical (unpaired) electrons. The van der Waals surface area contributed by atoms with Gasteiger partial charge in [-0.2, -0.15) is 0 Å². The molecule has 0 bridgehead atoms. The molecule has 1 unspecified atom stereocenters. The summed E-state index contributed by atoms with van der Waals surface area (Å²) < 4.78 is 12.6. The number of amidine groups is 1. The molecule has 1 fully saturated rings. The highest BCUT2D eigenvalue weighted by Crippen LogP contribution is 2.22. The first kappa shape index (κ1) is 10.2. The highest BCUT2D eigenvalue weighted by Gasteiger charge is 2.25. The Bertz CT molecular complexity index is 416. The van der Waals surface area contributed by atoms with E-state index in [1.54, 1.807) is 12.1 Å². The Labute approximate surface area is 90.8 Å². The van der Waals surface area contributed by atoms with E-state index in [1.807, 2.05) is 6.92 Å². The molecule has 15 heavy (non-hydrogen) atoms. The molecule has 0 spiro atoms. The molecule has 1 heterocycles. The van der Waals surface area contributed by atoms with E-state index in [-0.39, 0.29) is 17.0 Å². The molecule has 1 aliphatic rings. The number of hydrogen-bond acceptors (Lipinski definition) is 3. The second-order valence-corrected chi connectivity index (χ2v) is 4.47. The number of amides is 1. The van der Waals surface area contributed by atoms with Gasteiger partial charge in [-0.05, 0) is 31.2 Å². The Hall–Kier alpha value is -1.36. The zero-order valence-corrected chi connectivity index (χ0v) is 8.84. The number of carbonyl (C=O) groups excluding carboxylic acids is 1. The second kappa shape index (κ2) is 4.02. The molecule has 1 aliphatic heterocycles. The van der Waals surface area contributed by atoms with Gasteiger partial charge in [-0.15, -0.1) is 0 Å². The third-order valence-corrected chi connectivity index (χ3v) is 2.93. The normalized spacial score (nSPS) is 23.2. The molecule has 2 rings (SSSR count). The van der Waals surface area contributed by atoms with Crippen LogP contribution in [-0.4, -0.2) is 16.3 Å². The minimum Gasteiger partial charge on any atom is -0.304 e. The minimum atomic E-state index is -0.296. The molecule has 1 aromatic rings. The monoisotopic (exact) mass is 224 g/mol. The van der Waals surface area contributed by atoms with Crippen molar-refractivity contribution in [2.45, 2.75) is 12.2 Å². The van der Waals surface area contributed by atoms with Crippen LogP contribution in [0.3, 0.4) is 0 Å². The SMILES string of the molecule is CC1SC(=Nc2ccc(F)cc2)NC1=O. The molecule has 1 amide bonds. The summed E-state index contributed by atoms with van der Waals surface area (Å²) in [5.74, 6) is -0.337. The molecule has 5 heteroatoms. The summed E-state index contributed by atoms with van der Waals surface area (Å²) in [6.07, 6.45) is 0. The van der Waals surface area contributed by atoms with E-state index in [0.29, 0.717) is 10.9 Å². The van der Waals surface area contributed by atoms with Crippen molar-refractivity contribution in [3.8, 4) is 0 Å². The van der Waals surface area contributed by atoms with Crippen LogP contribution in [0.4, 0.5) is 10.1 Å². The second-order valence-electron chi connectivity index (χ2n) is 3.14. The molecular weight excluding hydrogens is 215 g/mol. The first-order valence-electron chi connectivity index (χ1n) is 4.47. The van der Waals surface area contributed by atoms with Gasteiger partial charge in [0.1, 0.15) is 5.82 Å². The Morgan fingerprint density at radius 3 is 2.60 bits per heavy atom. The number of benzene rings is 1. The topological polar surface area (TPSA) is 41.5 Å². The van der Waals surface area contributed by atoms with Gasteiger partial charge in [-0.25, -0.2) is 9.38 Å². The third-order valence-electron chi connectivity index (χ3n) is 1.95. The fraction of sp³-hybridized carbons (Fsp3) is 0.200. The largest absolute Gasteiger partial charge is 0.304 e. The number of thioether (sulfide) groups is 1. The van der Waals surface area contributed by atoms with Gasteiger partial charge < -0.3 is 5.32 Å². The van der Waals surface area contributed by atoms with E-state index in [9.17, 15) is 9.18 Å². The van der Waals surface area contributed by atoms with Crippen molar-refractivity contribution in [3.05, 3.63) is 30.1 Å². The number of nitrogens with zero attached hydrogens (tertiary/aromatic N) is 1. The van der Waals surface area contributed by atoms with Gasteiger partial charge >= 0.3 is 0 Å². The van der Waals surface area contributed by atoms with E-state index < -0.39 is 0 Å². The van der Waals surface area contributed by atoms with Gasteiger partial charge in [-0.3, -0.25) is 4.79 Å². The van der Waals surface area contributed by atoms with Crippen LogP contribution in [0, 0.1) is 5.82 Å². The van der Waals surface area contributed by atoms with Gasteiger partial charge in [0, 0.05) is 0 Å². The quantitative estimate of drug-likeness (QED) is 0.793. The van der Waals surface area contributed by atoms with Crippen LogP contribution < -0.4 is 5.32 Å². The van der Waals surface area contributed by atoms with E-state index in [4.69, 9.17) is 0 Å². The van der Waals surface area contributed by atoms with E-state index in [0.717, 1.165) is 0 Å².